The molecule has 4 heterocycles. The molecule has 0 aliphatic carbocycles. The van der Waals surface area contributed by atoms with E-state index in [1.165, 1.54) is 29.9 Å². The summed E-state index contributed by atoms with van der Waals surface area (Å²) in [6, 6.07) is 6.34. The number of piperidine rings is 3. The van der Waals surface area contributed by atoms with Crippen molar-refractivity contribution in [3.63, 3.8) is 0 Å². The highest BCUT2D eigenvalue weighted by atomic mass is 19.4. The number of imide groups is 1. The van der Waals surface area contributed by atoms with Gasteiger partial charge in [-0.1, -0.05) is 0 Å². The summed E-state index contributed by atoms with van der Waals surface area (Å²) in [4.78, 5) is 55.2. The Balaban J connectivity index is 1.04. The number of amides is 3. The number of pyridine rings is 1. The van der Waals surface area contributed by atoms with Gasteiger partial charge in [-0.3, -0.25) is 29.4 Å². The van der Waals surface area contributed by atoms with E-state index in [4.69, 9.17) is 4.74 Å². The number of methoxy groups -OCH3 is 1. The van der Waals surface area contributed by atoms with Crippen molar-refractivity contribution in [3.8, 4) is 16.9 Å². The second-order valence-electron chi connectivity index (χ2n) is 14.9. The average Bonchev–Trinajstić information content (AvgIpc) is 3.16. The summed E-state index contributed by atoms with van der Waals surface area (Å²) in [7, 11) is 4.96. The second-order valence-corrected chi connectivity index (χ2v) is 14.9. The third-order valence-corrected chi connectivity index (χ3v) is 11.5. The number of anilines is 2. The van der Waals surface area contributed by atoms with Crippen LogP contribution in [0.2, 0.25) is 0 Å². The van der Waals surface area contributed by atoms with Crippen LogP contribution in [-0.4, -0.2) is 84.5 Å². The number of alkyl halides is 3. The Morgan fingerprint density at radius 1 is 0.982 bits per heavy atom. The molecule has 0 bridgehead atoms. The van der Waals surface area contributed by atoms with Gasteiger partial charge >= 0.3 is 6.18 Å². The summed E-state index contributed by atoms with van der Waals surface area (Å²) < 4.78 is 65.6. The van der Waals surface area contributed by atoms with Crippen molar-refractivity contribution < 1.29 is 36.7 Å². The third-order valence-electron chi connectivity index (χ3n) is 11.5. The molecule has 11 nitrogen and oxygen atoms in total. The maximum Gasteiger partial charge on any atom is 0.418 e. The number of nitrogens with one attached hydrogen (secondary N) is 2. The molecule has 6 rings (SSSR count). The summed E-state index contributed by atoms with van der Waals surface area (Å²) in [5.41, 5.74) is 2.42. The zero-order valence-electron chi connectivity index (χ0n) is 31.8. The van der Waals surface area contributed by atoms with E-state index in [9.17, 15) is 32.3 Å². The Bertz CT molecular complexity index is 2020. The number of hydrogen-bond acceptors (Lipinski definition) is 8. The van der Waals surface area contributed by atoms with Crippen LogP contribution in [0.5, 0.6) is 5.75 Å². The highest BCUT2D eigenvalue weighted by molar-refractivity contribution is 6.01. The van der Waals surface area contributed by atoms with Crippen molar-refractivity contribution in [3.05, 3.63) is 75.0 Å². The predicted molar refractivity (Wildman–Crippen MR) is 200 cm³/mol. The van der Waals surface area contributed by atoms with Crippen molar-refractivity contribution in [2.24, 2.45) is 13.0 Å². The molecule has 1 unspecified atom stereocenters. The maximum atomic E-state index is 15.7. The van der Waals surface area contributed by atoms with Gasteiger partial charge in [0.25, 0.3) is 5.56 Å². The van der Waals surface area contributed by atoms with E-state index in [1.807, 2.05) is 6.92 Å². The van der Waals surface area contributed by atoms with Crippen LogP contribution < -0.4 is 25.8 Å². The van der Waals surface area contributed by atoms with Gasteiger partial charge in [0.2, 0.25) is 17.7 Å². The summed E-state index contributed by atoms with van der Waals surface area (Å²) in [6.45, 7) is 5.76. The molecule has 15 heteroatoms. The maximum absolute atomic E-state index is 15.7. The number of likely N-dealkylation sites (tertiary alicyclic amines) is 1. The van der Waals surface area contributed by atoms with Crippen molar-refractivity contribution in [2.45, 2.75) is 77.2 Å². The lowest BCUT2D eigenvalue weighted by Gasteiger charge is -2.40. The Hall–Kier alpha value is -4.92. The smallest absolute Gasteiger partial charge is 0.418 e. The normalized spacial score (nSPS) is 19.0. The zero-order chi connectivity index (χ0) is 39.8. The molecule has 3 fully saturated rings. The molecule has 3 aliphatic heterocycles. The molecule has 1 atom stereocenters. The number of carbonyl (C=O) groups excluding carboxylic acids is 3. The van der Waals surface area contributed by atoms with E-state index in [0.29, 0.717) is 67.8 Å². The number of hydrogen-bond donors (Lipinski definition) is 2. The van der Waals surface area contributed by atoms with Crippen LogP contribution in [0, 0.1) is 25.6 Å². The van der Waals surface area contributed by atoms with Crippen LogP contribution in [0.4, 0.5) is 28.9 Å². The van der Waals surface area contributed by atoms with Crippen LogP contribution in [0.25, 0.3) is 11.1 Å². The van der Waals surface area contributed by atoms with Gasteiger partial charge in [0.1, 0.15) is 17.6 Å². The van der Waals surface area contributed by atoms with Gasteiger partial charge in [-0.2, -0.15) is 13.2 Å². The van der Waals surface area contributed by atoms with Gasteiger partial charge in [-0.25, -0.2) is 4.39 Å². The number of halogens is 4. The molecule has 1 aromatic heterocycles. The summed E-state index contributed by atoms with van der Waals surface area (Å²) in [5, 5.41) is 5.03. The molecule has 2 aromatic carbocycles. The topological polar surface area (TPSA) is 116 Å². The first-order valence-electron chi connectivity index (χ1n) is 18.6. The molecule has 3 saturated heterocycles. The van der Waals surface area contributed by atoms with Gasteiger partial charge in [0.05, 0.1) is 12.7 Å². The van der Waals surface area contributed by atoms with Crippen molar-refractivity contribution in [1.29, 1.82) is 0 Å². The quantitative estimate of drug-likeness (QED) is 0.220. The first-order valence-corrected chi connectivity index (χ1v) is 18.6. The largest absolute Gasteiger partial charge is 0.496 e. The van der Waals surface area contributed by atoms with Crippen molar-refractivity contribution >= 4 is 29.1 Å². The fourth-order valence-electron chi connectivity index (χ4n) is 8.05. The first-order chi connectivity index (χ1) is 26.0. The minimum Gasteiger partial charge on any atom is -0.496 e. The van der Waals surface area contributed by atoms with Crippen LogP contribution in [0.15, 0.2) is 41.3 Å². The van der Waals surface area contributed by atoms with Gasteiger partial charge < -0.3 is 24.4 Å². The molecule has 3 aromatic rings. The Morgan fingerprint density at radius 3 is 2.31 bits per heavy atom. The van der Waals surface area contributed by atoms with E-state index in [0.717, 1.165) is 17.2 Å². The highest BCUT2D eigenvalue weighted by Gasteiger charge is 2.38. The molecular weight excluding hydrogens is 720 g/mol. The van der Waals surface area contributed by atoms with Crippen LogP contribution in [-0.2, 0) is 34.2 Å². The fraction of sp³-hybridized carbons (Fsp3) is 0.500. The SMILES string of the molecule is COc1cc(-c2cn(C)c(=O)c(C)c2C)cc(F)c1CN1CCC(N(C)C(=O)C2CCN(c3ccc(NC4CCC(=O)NC4=O)cc3C(F)(F)F)CC2)CC1. The molecule has 0 saturated carbocycles. The summed E-state index contributed by atoms with van der Waals surface area (Å²) in [5.74, 6) is -1.30. The number of benzene rings is 2. The lowest BCUT2D eigenvalue weighted by atomic mass is 9.92. The Kier molecular flexibility index (Phi) is 11.6. The van der Waals surface area contributed by atoms with Gasteiger partial charge in [-0.15, -0.1) is 0 Å². The third kappa shape index (κ3) is 8.51. The number of ether oxygens (including phenoxy) is 1. The number of aromatic nitrogens is 1. The molecule has 0 spiro atoms. The minimum atomic E-state index is -4.65. The van der Waals surface area contributed by atoms with E-state index >= 15 is 4.39 Å². The van der Waals surface area contributed by atoms with E-state index in [2.05, 4.69) is 15.5 Å². The summed E-state index contributed by atoms with van der Waals surface area (Å²) >= 11 is 0. The molecule has 3 aliphatic rings. The van der Waals surface area contributed by atoms with Gasteiger partial charge in [0, 0.05) is 99.5 Å². The monoisotopic (exact) mass is 768 g/mol. The zero-order valence-corrected chi connectivity index (χ0v) is 31.8. The lowest BCUT2D eigenvalue weighted by molar-refractivity contribution is -0.139. The molecular formula is C40H48F4N6O5. The lowest BCUT2D eigenvalue weighted by Crippen LogP contribution is -2.49. The molecule has 0 radical (unpaired) electrons. The summed E-state index contributed by atoms with van der Waals surface area (Å²) in [6.07, 6.45) is -0.465. The van der Waals surface area contributed by atoms with Crippen molar-refractivity contribution in [1.82, 2.24) is 19.7 Å². The Labute approximate surface area is 317 Å². The molecule has 3 amide bonds. The molecule has 55 heavy (non-hydrogen) atoms. The van der Waals surface area contributed by atoms with Gasteiger partial charge in [-0.05, 0) is 87.4 Å². The fourth-order valence-corrected chi connectivity index (χ4v) is 8.05. The van der Waals surface area contributed by atoms with Crippen LogP contribution >= 0.6 is 0 Å². The average molecular weight is 769 g/mol. The predicted octanol–water partition coefficient (Wildman–Crippen LogP) is 5.39. The number of carbonyl (C=O) groups is 3. The first kappa shape index (κ1) is 39.8. The van der Waals surface area contributed by atoms with E-state index in [1.54, 1.807) is 43.1 Å². The Morgan fingerprint density at radius 2 is 1.67 bits per heavy atom. The molecule has 296 valence electrons. The van der Waals surface area contributed by atoms with Crippen molar-refractivity contribution in [2.75, 3.05) is 50.6 Å². The number of nitrogens with zero attached hydrogens (tertiary/aromatic N) is 4. The number of rotatable bonds is 9. The van der Waals surface area contributed by atoms with Gasteiger partial charge in [0.15, 0.2) is 0 Å². The molecule has 2 N–H and O–H groups in total. The standard InChI is InChI=1S/C40H48F4N6O5/c1-23-24(2)38(53)47(3)21-29(23)26-18-32(41)30(35(19-26)55-5)22-49-14-12-28(13-15-49)48(4)39(54)25-10-16-50(17-11-25)34-8-6-27(20-31(34)40(42,43)44)45-33-7-9-36(51)46-37(33)52/h6,8,18-21,25,28,33,45H,7,9-17,22H2,1-5H3,(H,46,51,52). The van der Waals surface area contributed by atoms with E-state index in [-0.39, 0.29) is 60.7 Å². The highest BCUT2D eigenvalue weighted by Crippen LogP contribution is 2.40. The van der Waals surface area contributed by atoms with E-state index < -0.39 is 35.4 Å². The van der Waals surface area contributed by atoms with Crippen LogP contribution in [0.1, 0.15) is 60.8 Å². The minimum absolute atomic E-state index is 0.0203. The van der Waals surface area contributed by atoms with Crippen LogP contribution in [0.3, 0.4) is 0 Å². The number of aryl methyl sites for hydroxylation is 1. The second kappa shape index (κ2) is 16.0.